The molecule has 0 fully saturated rings. The molecule has 0 aliphatic carbocycles. The molecule has 0 bridgehead atoms. The van der Waals surface area contributed by atoms with Crippen molar-refractivity contribution in [3.05, 3.63) is 46.7 Å². The molecule has 0 saturated carbocycles. The molecule has 2 heterocycles. The molecule has 10 heteroatoms. The zero-order valence-corrected chi connectivity index (χ0v) is 12.6. The number of aromatic nitrogens is 4. The van der Waals surface area contributed by atoms with Crippen LogP contribution >= 0.6 is 23.2 Å². The normalized spacial score (nSPS) is 11.7. The first-order valence-corrected chi connectivity index (χ1v) is 7.85. The van der Waals surface area contributed by atoms with Crippen LogP contribution in [0, 0.1) is 0 Å². The Morgan fingerprint density at radius 2 is 1.86 bits per heavy atom. The molecule has 0 saturated heterocycles. The monoisotopic (exact) mass is 343 g/mol. The molecular formula is C11H7Cl2N5O2S. The summed E-state index contributed by atoms with van der Waals surface area (Å²) in [6, 6.07) is 6.06. The van der Waals surface area contributed by atoms with Crippen molar-refractivity contribution < 1.29 is 8.42 Å². The number of anilines is 1. The topological polar surface area (TPSA) is 89.2 Å². The van der Waals surface area contributed by atoms with Crippen molar-refractivity contribution in [2.45, 2.75) is 4.90 Å². The van der Waals surface area contributed by atoms with Crippen LogP contribution in [0.15, 0.2) is 41.6 Å². The molecule has 21 heavy (non-hydrogen) atoms. The van der Waals surface area contributed by atoms with Crippen molar-refractivity contribution in [2.24, 2.45) is 0 Å². The average molecular weight is 344 g/mol. The number of hydrogen-bond donors (Lipinski definition) is 1. The molecular weight excluding hydrogens is 337 g/mol. The highest BCUT2D eigenvalue weighted by Gasteiger charge is 2.23. The van der Waals surface area contributed by atoms with Crippen LogP contribution in [0.5, 0.6) is 0 Å². The molecule has 3 aromatic rings. The highest BCUT2D eigenvalue weighted by Crippen LogP contribution is 2.29. The summed E-state index contributed by atoms with van der Waals surface area (Å²) >= 11 is 11.8. The molecule has 0 aliphatic heterocycles. The Morgan fingerprint density at radius 1 is 1.14 bits per heavy atom. The fourth-order valence-electron chi connectivity index (χ4n) is 1.69. The molecule has 2 aromatic heterocycles. The number of nitrogens with one attached hydrogen (secondary N) is 1. The Labute approximate surface area is 129 Å². The van der Waals surface area contributed by atoms with E-state index < -0.39 is 10.0 Å². The van der Waals surface area contributed by atoms with Crippen LogP contribution in [0.1, 0.15) is 0 Å². The number of sulfonamides is 1. The van der Waals surface area contributed by atoms with E-state index in [1.165, 1.54) is 22.8 Å². The van der Waals surface area contributed by atoms with Gasteiger partial charge in [0.15, 0.2) is 0 Å². The Bertz CT molecular complexity index is 872. The molecule has 1 aromatic carbocycles. The van der Waals surface area contributed by atoms with Gasteiger partial charge in [0.1, 0.15) is 4.90 Å². The maximum atomic E-state index is 12.3. The summed E-state index contributed by atoms with van der Waals surface area (Å²) in [6.45, 7) is 0. The minimum absolute atomic E-state index is 0.0110. The first-order chi connectivity index (χ1) is 9.97. The lowest BCUT2D eigenvalue weighted by molar-refractivity contribution is 0.601. The predicted octanol–water partition coefficient (Wildman–Crippen LogP) is 2.23. The Morgan fingerprint density at radius 3 is 2.52 bits per heavy atom. The fraction of sp³-hybridized carbons (Fsp3) is 0. The van der Waals surface area contributed by atoms with Gasteiger partial charge in [-0.05, 0) is 18.2 Å². The maximum Gasteiger partial charge on any atom is 0.267 e. The van der Waals surface area contributed by atoms with Crippen molar-refractivity contribution in [1.29, 1.82) is 0 Å². The van der Waals surface area contributed by atoms with E-state index in [1.807, 2.05) is 0 Å². The van der Waals surface area contributed by atoms with Gasteiger partial charge >= 0.3 is 0 Å². The summed E-state index contributed by atoms with van der Waals surface area (Å²) in [5.74, 6) is 0.144. The number of halogens is 2. The summed E-state index contributed by atoms with van der Waals surface area (Å²) in [6.07, 6.45) is 3.11. The van der Waals surface area contributed by atoms with E-state index in [4.69, 9.17) is 23.2 Å². The fourth-order valence-corrected chi connectivity index (χ4v) is 3.77. The van der Waals surface area contributed by atoms with Crippen molar-refractivity contribution in [1.82, 2.24) is 19.6 Å². The Kier molecular flexibility index (Phi) is 3.44. The van der Waals surface area contributed by atoms with Gasteiger partial charge in [0, 0.05) is 12.4 Å². The second-order valence-electron chi connectivity index (χ2n) is 3.96. The predicted molar refractivity (Wildman–Crippen MR) is 78.1 cm³/mol. The summed E-state index contributed by atoms with van der Waals surface area (Å²) < 4.78 is 28.2. The summed E-state index contributed by atoms with van der Waals surface area (Å²) in [7, 11) is -4.00. The van der Waals surface area contributed by atoms with Gasteiger partial charge in [0.25, 0.3) is 21.7 Å². The lowest BCUT2D eigenvalue weighted by Crippen LogP contribution is -2.15. The number of benzene rings is 1. The number of rotatable bonds is 3. The zero-order valence-electron chi connectivity index (χ0n) is 10.2. The standard InChI is InChI=1S/C11H7Cl2N5O2S/c12-7-3-1-4-8(13)9(7)21(19,20)17-10-15-11-14-5-2-6-18(11)16-10/h1-6H,(H,16,17). The first kappa shape index (κ1) is 14.1. The minimum Gasteiger partial charge on any atom is -0.246 e. The van der Waals surface area contributed by atoms with Gasteiger partial charge in [0.05, 0.1) is 10.0 Å². The quantitative estimate of drug-likeness (QED) is 0.787. The molecule has 0 unspecified atom stereocenters. The van der Waals surface area contributed by atoms with Crippen LogP contribution < -0.4 is 4.72 Å². The second kappa shape index (κ2) is 5.14. The summed E-state index contributed by atoms with van der Waals surface area (Å²) in [5, 5.41) is 3.97. The third-order valence-electron chi connectivity index (χ3n) is 2.53. The molecule has 0 radical (unpaired) electrons. The van der Waals surface area contributed by atoms with Gasteiger partial charge < -0.3 is 0 Å². The van der Waals surface area contributed by atoms with E-state index in [1.54, 1.807) is 18.3 Å². The van der Waals surface area contributed by atoms with Gasteiger partial charge in [-0.25, -0.2) is 22.6 Å². The van der Waals surface area contributed by atoms with Crippen molar-refractivity contribution in [3.63, 3.8) is 0 Å². The highest BCUT2D eigenvalue weighted by molar-refractivity contribution is 7.93. The molecule has 0 spiro atoms. The summed E-state index contributed by atoms with van der Waals surface area (Å²) in [5.41, 5.74) is 0. The van der Waals surface area contributed by atoms with E-state index in [-0.39, 0.29) is 26.7 Å². The highest BCUT2D eigenvalue weighted by atomic mass is 35.5. The molecule has 0 amide bonds. The van der Waals surface area contributed by atoms with E-state index in [2.05, 4.69) is 19.8 Å². The van der Waals surface area contributed by atoms with Crippen molar-refractivity contribution >= 4 is 45.0 Å². The van der Waals surface area contributed by atoms with E-state index in [9.17, 15) is 8.42 Å². The third-order valence-corrected chi connectivity index (χ3v) is 4.81. The summed E-state index contributed by atoms with van der Waals surface area (Å²) in [4.78, 5) is 7.67. The van der Waals surface area contributed by atoms with Crippen LogP contribution in [0.3, 0.4) is 0 Å². The van der Waals surface area contributed by atoms with Crippen LogP contribution in [0.25, 0.3) is 5.78 Å². The van der Waals surface area contributed by atoms with Crippen LogP contribution in [0.2, 0.25) is 10.0 Å². The van der Waals surface area contributed by atoms with Gasteiger partial charge in [-0.1, -0.05) is 29.3 Å². The maximum absolute atomic E-state index is 12.3. The average Bonchev–Trinajstić information content (AvgIpc) is 2.79. The molecule has 108 valence electrons. The van der Waals surface area contributed by atoms with Crippen molar-refractivity contribution in [3.8, 4) is 0 Å². The molecule has 7 nitrogen and oxygen atoms in total. The van der Waals surface area contributed by atoms with Gasteiger partial charge in [-0.15, -0.1) is 5.10 Å². The molecule has 0 atom stereocenters. The second-order valence-corrected chi connectivity index (χ2v) is 6.39. The zero-order chi connectivity index (χ0) is 15.0. The lowest BCUT2D eigenvalue weighted by atomic mass is 10.4. The number of nitrogens with zero attached hydrogens (tertiary/aromatic N) is 4. The molecule has 0 aliphatic rings. The van der Waals surface area contributed by atoms with Crippen LogP contribution in [-0.2, 0) is 10.0 Å². The minimum atomic E-state index is -4.00. The Hall–Kier alpha value is -1.90. The van der Waals surface area contributed by atoms with Crippen LogP contribution in [0.4, 0.5) is 5.95 Å². The smallest absolute Gasteiger partial charge is 0.246 e. The largest absolute Gasteiger partial charge is 0.267 e. The van der Waals surface area contributed by atoms with Crippen molar-refractivity contribution in [2.75, 3.05) is 4.72 Å². The van der Waals surface area contributed by atoms with Crippen LogP contribution in [-0.4, -0.2) is 28.0 Å². The Balaban J connectivity index is 2.03. The van der Waals surface area contributed by atoms with E-state index in [0.717, 1.165) is 0 Å². The van der Waals surface area contributed by atoms with E-state index in [0.29, 0.717) is 0 Å². The number of fused-ring (bicyclic) bond motifs is 1. The third kappa shape index (κ3) is 2.65. The number of hydrogen-bond acceptors (Lipinski definition) is 5. The van der Waals surface area contributed by atoms with Gasteiger partial charge in [0.2, 0.25) is 0 Å². The first-order valence-electron chi connectivity index (χ1n) is 5.61. The van der Waals surface area contributed by atoms with E-state index >= 15 is 0 Å². The molecule has 3 rings (SSSR count). The lowest BCUT2D eigenvalue weighted by Gasteiger charge is -2.07. The SMILES string of the molecule is O=S(=O)(Nc1nc2ncccn2n1)c1c(Cl)cccc1Cl. The molecule has 1 N–H and O–H groups in total. The van der Waals surface area contributed by atoms with Gasteiger partial charge in [-0.2, -0.15) is 4.98 Å². The van der Waals surface area contributed by atoms with Gasteiger partial charge in [-0.3, -0.25) is 0 Å².